The van der Waals surface area contributed by atoms with Gasteiger partial charge in [-0.1, -0.05) is 37.0 Å². The van der Waals surface area contributed by atoms with Crippen molar-refractivity contribution in [2.24, 2.45) is 5.92 Å². The zero-order valence-electron chi connectivity index (χ0n) is 18.7. The van der Waals surface area contributed by atoms with Gasteiger partial charge in [0, 0.05) is 44.3 Å². The van der Waals surface area contributed by atoms with E-state index in [-0.39, 0.29) is 11.9 Å². The second-order valence-electron chi connectivity index (χ2n) is 9.05. The zero-order chi connectivity index (χ0) is 21.3. The normalized spacial score (nSPS) is 18.4. The quantitative estimate of drug-likeness (QED) is 0.709. The molecule has 1 aromatic rings. The van der Waals surface area contributed by atoms with Crippen LogP contribution in [-0.2, 0) is 4.79 Å². The number of urea groups is 1. The Morgan fingerprint density at radius 3 is 2.37 bits per heavy atom. The van der Waals surface area contributed by atoms with Gasteiger partial charge in [0.15, 0.2) is 0 Å². The minimum Gasteiger partial charge on any atom is -0.355 e. The van der Waals surface area contributed by atoms with Crippen LogP contribution in [0.2, 0.25) is 0 Å². The molecule has 0 unspecified atom stereocenters. The van der Waals surface area contributed by atoms with Gasteiger partial charge in [0.05, 0.1) is 0 Å². The molecule has 3 rings (SSSR count). The molecule has 1 saturated heterocycles. The zero-order valence-corrected chi connectivity index (χ0v) is 18.7. The highest BCUT2D eigenvalue weighted by atomic mass is 16.2. The molecule has 2 fully saturated rings. The molecular formula is C24H38N4O2. The number of anilines is 1. The summed E-state index contributed by atoms with van der Waals surface area (Å²) in [7, 11) is 2.18. The predicted molar refractivity (Wildman–Crippen MR) is 122 cm³/mol. The Kier molecular flexibility index (Phi) is 8.55. The number of carbonyl (C=O) groups excluding carboxylic acids is 2. The molecule has 1 aromatic carbocycles. The number of carbonyl (C=O) groups is 2. The van der Waals surface area contributed by atoms with Crippen molar-refractivity contribution < 1.29 is 9.59 Å². The smallest absolute Gasteiger partial charge is 0.321 e. The number of rotatable bonds is 7. The molecule has 1 saturated carbocycles. The van der Waals surface area contributed by atoms with Crippen molar-refractivity contribution >= 4 is 17.6 Å². The minimum atomic E-state index is -0.0486. The van der Waals surface area contributed by atoms with E-state index in [9.17, 15) is 9.59 Å². The largest absolute Gasteiger partial charge is 0.355 e. The van der Waals surface area contributed by atoms with Gasteiger partial charge in [-0.05, 0) is 57.7 Å². The number of likely N-dealkylation sites (tertiary alicyclic amines) is 1. The highest BCUT2D eigenvalue weighted by Gasteiger charge is 2.24. The lowest BCUT2D eigenvalue weighted by atomic mass is 9.93. The third-order valence-corrected chi connectivity index (χ3v) is 6.66. The maximum atomic E-state index is 12.4. The van der Waals surface area contributed by atoms with Crippen molar-refractivity contribution in [1.29, 1.82) is 0 Å². The van der Waals surface area contributed by atoms with Crippen molar-refractivity contribution in [3.8, 4) is 0 Å². The van der Waals surface area contributed by atoms with Gasteiger partial charge in [-0.15, -0.1) is 0 Å². The van der Waals surface area contributed by atoms with E-state index in [0.717, 1.165) is 31.6 Å². The van der Waals surface area contributed by atoms with Gasteiger partial charge in [-0.2, -0.15) is 0 Å². The first-order chi connectivity index (χ1) is 14.5. The average molecular weight is 415 g/mol. The highest BCUT2D eigenvalue weighted by Crippen LogP contribution is 2.22. The Bertz CT molecular complexity index is 677. The first-order valence-electron chi connectivity index (χ1n) is 11.6. The van der Waals surface area contributed by atoms with Crippen molar-refractivity contribution in [2.75, 3.05) is 38.5 Å². The van der Waals surface area contributed by atoms with Gasteiger partial charge < -0.3 is 20.4 Å². The Labute approximate surface area is 181 Å². The summed E-state index contributed by atoms with van der Waals surface area (Å²) < 4.78 is 0. The van der Waals surface area contributed by atoms with Crippen LogP contribution in [0.4, 0.5) is 10.5 Å². The first-order valence-corrected chi connectivity index (χ1v) is 11.6. The number of benzene rings is 1. The second kappa shape index (κ2) is 11.3. The van der Waals surface area contributed by atoms with Crippen LogP contribution in [-0.4, -0.2) is 61.0 Å². The highest BCUT2D eigenvalue weighted by molar-refractivity contribution is 5.89. The van der Waals surface area contributed by atoms with Crippen LogP contribution in [0.15, 0.2) is 24.3 Å². The number of nitrogens with one attached hydrogen (secondary N) is 2. The Balaban J connectivity index is 1.30. The number of likely N-dealkylation sites (N-methyl/N-ethyl adjacent to an activating group) is 1. The van der Waals surface area contributed by atoms with Crippen molar-refractivity contribution in [3.05, 3.63) is 29.8 Å². The molecule has 0 aromatic heterocycles. The molecule has 1 aliphatic heterocycles. The van der Waals surface area contributed by atoms with E-state index >= 15 is 0 Å². The van der Waals surface area contributed by atoms with Crippen LogP contribution in [0.3, 0.4) is 0 Å². The molecular weight excluding hydrogens is 376 g/mol. The van der Waals surface area contributed by atoms with E-state index in [0.29, 0.717) is 31.5 Å². The third-order valence-electron chi connectivity index (χ3n) is 6.66. The fourth-order valence-corrected chi connectivity index (χ4v) is 4.59. The van der Waals surface area contributed by atoms with Gasteiger partial charge in [0.1, 0.15) is 0 Å². The van der Waals surface area contributed by atoms with Crippen LogP contribution in [0.5, 0.6) is 0 Å². The molecule has 0 bridgehead atoms. The Hall–Kier alpha value is -2.08. The second-order valence-corrected chi connectivity index (χ2v) is 9.05. The van der Waals surface area contributed by atoms with Crippen molar-refractivity contribution in [1.82, 2.24) is 15.1 Å². The predicted octanol–water partition coefficient (Wildman–Crippen LogP) is 4.01. The molecule has 3 amide bonds. The topological polar surface area (TPSA) is 64.7 Å². The standard InChI is InChI=1S/C24H38N4O2/c1-19-8-10-21(11-9-19)26-24(30)28-15-12-20(13-16-28)18-23(29)25-14-17-27(2)22-6-4-3-5-7-22/h8-11,20,22H,3-7,12-18H2,1-2H3,(H,25,29)(H,26,30). The summed E-state index contributed by atoms with van der Waals surface area (Å²) in [4.78, 5) is 29.0. The first kappa shape index (κ1) is 22.6. The van der Waals surface area contributed by atoms with Crippen molar-refractivity contribution in [2.45, 2.75) is 64.3 Å². The Morgan fingerprint density at radius 1 is 1.03 bits per heavy atom. The lowest BCUT2D eigenvalue weighted by Gasteiger charge is -2.32. The summed E-state index contributed by atoms with van der Waals surface area (Å²) in [5.41, 5.74) is 2.00. The molecule has 0 radical (unpaired) electrons. The fraction of sp³-hybridized carbons (Fsp3) is 0.667. The van der Waals surface area contributed by atoms with E-state index in [1.807, 2.05) is 36.1 Å². The van der Waals surface area contributed by atoms with Crippen LogP contribution in [0.25, 0.3) is 0 Å². The van der Waals surface area contributed by atoms with Gasteiger partial charge in [0.25, 0.3) is 0 Å². The molecule has 1 aliphatic carbocycles. The van der Waals surface area contributed by atoms with Gasteiger partial charge >= 0.3 is 6.03 Å². The summed E-state index contributed by atoms with van der Waals surface area (Å²) in [6, 6.07) is 8.48. The van der Waals surface area contributed by atoms with Crippen LogP contribution < -0.4 is 10.6 Å². The number of nitrogens with zero attached hydrogens (tertiary/aromatic N) is 2. The molecule has 1 heterocycles. The number of amides is 3. The number of piperidine rings is 1. The number of aryl methyl sites for hydroxylation is 1. The molecule has 6 heteroatoms. The lowest BCUT2D eigenvalue weighted by Crippen LogP contribution is -2.42. The molecule has 6 nitrogen and oxygen atoms in total. The van der Waals surface area contributed by atoms with E-state index in [1.54, 1.807) is 0 Å². The van der Waals surface area contributed by atoms with Gasteiger partial charge in [-0.3, -0.25) is 4.79 Å². The Morgan fingerprint density at radius 2 is 1.70 bits per heavy atom. The molecule has 166 valence electrons. The van der Waals surface area contributed by atoms with E-state index < -0.39 is 0 Å². The third kappa shape index (κ3) is 7.01. The maximum Gasteiger partial charge on any atom is 0.321 e. The summed E-state index contributed by atoms with van der Waals surface area (Å²) in [6.45, 7) is 5.10. The van der Waals surface area contributed by atoms with Crippen molar-refractivity contribution in [3.63, 3.8) is 0 Å². The average Bonchev–Trinajstić information content (AvgIpc) is 2.76. The van der Waals surface area contributed by atoms with Crippen LogP contribution >= 0.6 is 0 Å². The molecule has 2 N–H and O–H groups in total. The van der Waals surface area contributed by atoms with Gasteiger partial charge in [0.2, 0.25) is 5.91 Å². The molecule has 0 atom stereocenters. The summed E-state index contributed by atoms with van der Waals surface area (Å²) in [5, 5.41) is 6.06. The van der Waals surface area contributed by atoms with Gasteiger partial charge in [-0.25, -0.2) is 4.79 Å². The maximum absolute atomic E-state index is 12.4. The SMILES string of the molecule is Cc1ccc(NC(=O)N2CCC(CC(=O)NCCN(C)C3CCCCC3)CC2)cc1. The molecule has 2 aliphatic rings. The molecule has 30 heavy (non-hydrogen) atoms. The van der Waals surface area contributed by atoms with Crippen LogP contribution in [0, 0.1) is 12.8 Å². The van der Waals surface area contributed by atoms with E-state index in [2.05, 4.69) is 22.6 Å². The summed E-state index contributed by atoms with van der Waals surface area (Å²) in [6.07, 6.45) is 8.97. The fourth-order valence-electron chi connectivity index (χ4n) is 4.59. The number of hydrogen-bond acceptors (Lipinski definition) is 3. The van der Waals surface area contributed by atoms with Crippen LogP contribution in [0.1, 0.15) is 56.9 Å². The summed E-state index contributed by atoms with van der Waals surface area (Å²) >= 11 is 0. The van der Waals surface area contributed by atoms with E-state index in [1.165, 1.54) is 37.7 Å². The number of hydrogen-bond donors (Lipinski definition) is 2. The van der Waals surface area contributed by atoms with E-state index in [4.69, 9.17) is 0 Å². The minimum absolute atomic E-state index is 0.0486. The lowest BCUT2D eigenvalue weighted by molar-refractivity contribution is -0.122. The molecule has 0 spiro atoms. The monoisotopic (exact) mass is 414 g/mol. The summed E-state index contributed by atoms with van der Waals surface area (Å²) in [5.74, 6) is 0.513.